The Labute approximate surface area is 269 Å². The third kappa shape index (κ3) is 3.81. The fourth-order valence-corrected chi connectivity index (χ4v) is 8.17. The van der Waals surface area contributed by atoms with Crippen molar-refractivity contribution in [3.05, 3.63) is 158 Å². The molecule has 46 heavy (non-hydrogen) atoms. The molecule has 0 atom stereocenters. The number of anilines is 3. The summed E-state index contributed by atoms with van der Waals surface area (Å²) in [5.41, 5.74) is 11.3. The van der Waals surface area contributed by atoms with E-state index in [4.69, 9.17) is 4.42 Å². The lowest BCUT2D eigenvalue weighted by atomic mass is 10.0. The topological polar surface area (TPSA) is 21.3 Å². The average molecular weight is 607 g/mol. The highest BCUT2D eigenvalue weighted by Crippen LogP contribution is 2.52. The van der Waals surface area contributed by atoms with Crippen LogP contribution in [0.25, 0.3) is 60.6 Å². The number of hydrogen-bond acceptors (Lipinski definition) is 3. The third-order valence-electron chi connectivity index (χ3n) is 9.17. The highest BCUT2D eigenvalue weighted by molar-refractivity contribution is 7.99. The van der Waals surface area contributed by atoms with Gasteiger partial charge < -0.3 is 13.9 Å². The van der Waals surface area contributed by atoms with Gasteiger partial charge in [0, 0.05) is 42.7 Å². The molecule has 9 aromatic rings. The summed E-state index contributed by atoms with van der Waals surface area (Å²) in [6.45, 7) is 0. The summed E-state index contributed by atoms with van der Waals surface area (Å²) in [5.74, 6) is 0. The predicted octanol–water partition coefficient (Wildman–Crippen LogP) is 12.3. The summed E-state index contributed by atoms with van der Waals surface area (Å²) in [4.78, 5) is 4.89. The van der Waals surface area contributed by atoms with E-state index >= 15 is 0 Å². The number of para-hydroxylation sites is 4. The molecule has 1 aliphatic heterocycles. The van der Waals surface area contributed by atoms with E-state index in [9.17, 15) is 0 Å². The maximum Gasteiger partial charge on any atom is 0.135 e. The van der Waals surface area contributed by atoms with E-state index in [0.29, 0.717) is 0 Å². The van der Waals surface area contributed by atoms with Crippen molar-refractivity contribution >= 4 is 72.6 Å². The van der Waals surface area contributed by atoms with Gasteiger partial charge in [-0.2, -0.15) is 0 Å². The van der Waals surface area contributed by atoms with Crippen molar-refractivity contribution in [1.29, 1.82) is 0 Å². The van der Waals surface area contributed by atoms with Gasteiger partial charge in [-0.25, -0.2) is 0 Å². The van der Waals surface area contributed by atoms with Gasteiger partial charge >= 0.3 is 0 Å². The number of nitrogens with zero attached hydrogens (tertiary/aromatic N) is 2. The Kier molecular flexibility index (Phi) is 5.51. The van der Waals surface area contributed by atoms with Crippen molar-refractivity contribution in [3.8, 4) is 16.8 Å². The maximum atomic E-state index is 6.14. The summed E-state index contributed by atoms with van der Waals surface area (Å²) in [5, 5.41) is 4.76. The van der Waals surface area contributed by atoms with Crippen LogP contribution in [-0.4, -0.2) is 4.57 Å². The molecule has 3 nitrogen and oxygen atoms in total. The minimum Gasteiger partial charge on any atom is -0.456 e. The van der Waals surface area contributed by atoms with E-state index in [1.807, 2.05) is 23.9 Å². The van der Waals surface area contributed by atoms with Gasteiger partial charge in [0.25, 0.3) is 0 Å². The van der Waals surface area contributed by atoms with Crippen molar-refractivity contribution in [2.45, 2.75) is 9.79 Å². The highest BCUT2D eigenvalue weighted by Gasteiger charge is 2.25. The third-order valence-corrected chi connectivity index (χ3v) is 10.3. The van der Waals surface area contributed by atoms with Gasteiger partial charge in [0.15, 0.2) is 0 Å². The van der Waals surface area contributed by atoms with Crippen molar-refractivity contribution in [1.82, 2.24) is 4.57 Å². The van der Waals surface area contributed by atoms with Crippen LogP contribution in [-0.2, 0) is 0 Å². The molecule has 3 heterocycles. The number of benzene rings is 7. The molecule has 4 heteroatoms. The minimum atomic E-state index is 0.909. The predicted molar refractivity (Wildman–Crippen MR) is 192 cm³/mol. The second-order valence-electron chi connectivity index (χ2n) is 11.8. The maximum absolute atomic E-state index is 6.14. The quantitative estimate of drug-likeness (QED) is 0.200. The van der Waals surface area contributed by atoms with E-state index in [0.717, 1.165) is 27.6 Å². The fraction of sp³-hybridized carbons (Fsp3) is 0. The van der Waals surface area contributed by atoms with E-state index in [1.54, 1.807) is 0 Å². The fourth-order valence-electron chi connectivity index (χ4n) is 7.08. The van der Waals surface area contributed by atoms with Crippen molar-refractivity contribution < 1.29 is 4.42 Å². The van der Waals surface area contributed by atoms with Gasteiger partial charge in [0.1, 0.15) is 11.2 Å². The Morgan fingerprint density at radius 3 is 2.04 bits per heavy atom. The van der Waals surface area contributed by atoms with Crippen LogP contribution in [0.3, 0.4) is 0 Å². The Morgan fingerprint density at radius 2 is 1.11 bits per heavy atom. The van der Waals surface area contributed by atoms with Gasteiger partial charge in [-0.1, -0.05) is 90.6 Å². The largest absolute Gasteiger partial charge is 0.456 e. The molecule has 0 bridgehead atoms. The number of fused-ring (bicyclic) bond motifs is 8. The van der Waals surface area contributed by atoms with Crippen molar-refractivity contribution in [3.63, 3.8) is 0 Å². The zero-order chi connectivity index (χ0) is 30.2. The molecule has 0 N–H and O–H groups in total. The molecule has 0 saturated carbocycles. The SMILES string of the molecule is c1ccc(N2c3ccccc3Sc3cc(-c4ccc5c(c4)c4ccccc4n5-c4ccc5oc6ccccc6c5c4)ccc32)cc1. The molecule has 0 aliphatic carbocycles. The monoisotopic (exact) mass is 606 g/mol. The minimum absolute atomic E-state index is 0.909. The van der Waals surface area contributed by atoms with Crippen LogP contribution in [0.5, 0.6) is 0 Å². The lowest BCUT2D eigenvalue weighted by Gasteiger charge is -2.33. The van der Waals surface area contributed by atoms with Crippen LogP contribution in [0.15, 0.2) is 172 Å². The van der Waals surface area contributed by atoms with Gasteiger partial charge in [-0.15, -0.1) is 0 Å². The lowest BCUT2D eigenvalue weighted by Crippen LogP contribution is -2.14. The standard InChI is InChI=1S/C42H26N2OS/c1-2-10-29(11-3-1)43-37-15-7-9-17-41(37)46-42-25-28(19-22-38(42)43)27-18-21-36-33(24-27)31-12-4-6-14-35(31)44(36)30-20-23-40-34(26-30)32-13-5-8-16-39(32)45-40/h1-26H. The molecular formula is C42H26N2OS. The lowest BCUT2D eigenvalue weighted by molar-refractivity contribution is 0.669. The van der Waals surface area contributed by atoms with E-state index < -0.39 is 0 Å². The summed E-state index contributed by atoms with van der Waals surface area (Å²) in [6.07, 6.45) is 0. The second kappa shape index (κ2) is 9.90. The molecule has 0 saturated heterocycles. The van der Waals surface area contributed by atoms with Crippen LogP contribution in [0.2, 0.25) is 0 Å². The van der Waals surface area contributed by atoms with Crippen LogP contribution in [0, 0.1) is 0 Å². The number of hydrogen-bond donors (Lipinski definition) is 0. The number of rotatable bonds is 3. The summed E-state index contributed by atoms with van der Waals surface area (Å²) < 4.78 is 8.52. The van der Waals surface area contributed by atoms with Crippen LogP contribution >= 0.6 is 11.8 Å². The molecule has 0 spiro atoms. The molecule has 7 aromatic carbocycles. The first-order chi connectivity index (χ1) is 22.8. The Balaban J connectivity index is 1.12. The van der Waals surface area contributed by atoms with Crippen LogP contribution < -0.4 is 4.90 Å². The normalized spacial score (nSPS) is 12.7. The molecule has 1 aliphatic rings. The molecule has 0 fully saturated rings. The highest BCUT2D eigenvalue weighted by atomic mass is 32.2. The first kappa shape index (κ1) is 25.6. The molecule has 216 valence electrons. The molecule has 0 unspecified atom stereocenters. The van der Waals surface area contributed by atoms with Crippen LogP contribution in [0.1, 0.15) is 0 Å². The smallest absolute Gasteiger partial charge is 0.135 e. The molecule has 10 rings (SSSR count). The molecular weight excluding hydrogens is 581 g/mol. The van der Waals surface area contributed by atoms with Crippen LogP contribution in [0.4, 0.5) is 17.1 Å². The summed E-state index contributed by atoms with van der Waals surface area (Å²) in [7, 11) is 0. The molecule has 0 radical (unpaired) electrons. The van der Waals surface area contributed by atoms with Crippen molar-refractivity contribution in [2.75, 3.05) is 4.90 Å². The van der Waals surface area contributed by atoms with Gasteiger partial charge in [0.2, 0.25) is 0 Å². The number of furan rings is 1. The second-order valence-corrected chi connectivity index (χ2v) is 12.9. The van der Waals surface area contributed by atoms with Crippen molar-refractivity contribution in [2.24, 2.45) is 0 Å². The number of aromatic nitrogens is 1. The van der Waals surface area contributed by atoms with Gasteiger partial charge in [-0.3, -0.25) is 0 Å². The van der Waals surface area contributed by atoms with E-state index in [-0.39, 0.29) is 0 Å². The zero-order valence-electron chi connectivity index (χ0n) is 24.7. The average Bonchev–Trinajstić information content (AvgIpc) is 3.65. The summed E-state index contributed by atoms with van der Waals surface area (Å²) >= 11 is 1.85. The first-order valence-electron chi connectivity index (χ1n) is 15.5. The van der Waals surface area contributed by atoms with E-state index in [1.165, 1.54) is 59.8 Å². The zero-order valence-corrected chi connectivity index (χ0v) is 25.5. The Morgan fingerprint density at radius 1 is 0.413 bits per heavy atom. The van der Waals surface area contributed by atoms with E-state index in [2.05, 4.69) is 155 Å². The molecule has 2 aromatic heterocycles. The Bertz CT molecular complexity index is 2630. The Hall–Kier alpha value is -5.71. The first-order valence-corrected chi connectivity index (χ1v) is 16.3. The van der Waals surface area contributed by atoms with Gasteiger partial charge in [0.05, 0.1) is 22.4 Å². The summed E-state index contributed by atoms with van der Waals surface area (Å²) in [6, 6.07) is 56.6. The molecule has 0 amide bonds. The van der Waals surface area contributed by atoms with Gasteiger partial charge in [-0.05, 0) is 90.0 Å².